The summed E-state index contributed by atoms with van der Waals surface area (Å²) >= 11 is 5.86. The molecule has 2 aromatic rings. The van der Waals surface area contributed by atoms with Gasteiger partial charge < -0.3 is 19.9 Å². The Bertz CT molecular complexity index is 625. The van der Waals surface area contributed by atoms with Gasteiger partial charge in [0.15, 0.2) is 6.10 Å². The van der Waals surface area contributed by atoms with E-state index in [2.05, 4.69) is 4.98 Å². The molecule has 1 aromatic heterocycles. The summed E-state index contributed by atoms with van der Waals surface area (Å²) in [6, 6.07) is 5.03. The number of aliphatic carboxylic acids is 1. The number of aliphatic hydroxyl groups is 2. The first-order valence-corrected chi connectivity index (χ1v) is 6.08. The van der Waals surface area contributed by atoms with E-state index in [0.29, 0.717) is 17.1 Å². The molecule has 1 heterocycles. The van der Waals surface area contributed by atoms with Crippen LogP contribution in [0.5, 0.6) is 0 Å². The Hall–Kier alpha value is -1.63. The van der Waals surface area contributed by atoms with Crippen molar-refractivity contribution in [1.82, 2.24) is 9.55 Å². The first-order chi connectivity index (χ1) is 8.95. The summed E-state index contributed by atoms with van der Waals surface area (Å²) in [5.74, 6) is -1.39. The van der Waals surface area contributed by atoms with Crippen LogP contribution < -0.4 is 0 Å². The maximum Gasteiger partial charge on any atom is 0.335 e. The molecule has 0 saturated carbocycles. The second-order valence-corrected chi connectivity index (χ2v) is 4.51. The molecule has 0 aliphatic carbocycles. The number of aryl methyl sites for hydroxylation is 1. The highest BCUT2D eigenvalue weighted by atomic mass is 35.5. The highest BCUT2D eigenvalue weighted by molar-refractivity contribution is 6.31. The summed E-state index contributed by atoms with van der Waals surface area (Å²) < 4.78 is 1.64. The Labute approximate surface area is 113 Å². The lowest BCUT2D eigenvalue weighted by Crippen LogP contribution is -2.29. The zero-order valence-corrected chi connectivity index (χ0v) is 10.9. The lowest BCUT2D eigenvalue weighted by Gasteiger charge is -2.15. The number of aromatic nitrogens is 2. The second kappa shape index (κ2) is 5.16. The summed E-state index contributed by atoms with van der Waals surface area (Å²) in [6.45, 7) is 2.32. The molecule has 7 heteroatoms. The van der Waals surface area contributed by atoms with Crippen LogP contribution in [-0.2, 0) is 11.3 Å². The number of hydrogen-bond donors (Lipinski definition) is 3. The number of benzene rings is 1. The lowest BCUT2D eigenvalue weighted by atomic mass is 10.2. The molecule has 2 rings (SSSR count). The van der Waals surface area contributed by atoms with Gasteiger partial charge in [0, 0.05) is 11.6 Å². The third-order valence-electron chi connectivity index (χ3n) is 2.87. The van der Waals surface area contributed by atoms with Crippen LogP contribution in [0.25, 0.3) is 11.0 Å². The Balaban J connectivity index is 2.56. The summed E-state index contributed by atoms with van der Waals surface area (Å²) in [5.41, 5.74) is 1.26. The highest BCUT2D eigenvalue weighted by Gasteiger charge is 2.29. The molecule has 2 unspecified atom stereocenters. The lowest BCUT2D eigenvalue weighted by molar-refractivity contribution is -0.153. The van der Waals surface area contributed by atoms with E-state index in [1.807, 2.05) is 6.92 Å². The second-order valence-electron chi connectivity index (χ2n) is 4.08. The van der Waals surface area contributed by atoms with Crippen molar-refractivity contribution in [3.05, 3.63) is 29.0 Å². The van der Waals surface area contributed by atoms with Gasteiger partial charge in [0.25, 0.3) is 0 Å². The minimum atomic E-state index is -1.92. The summed E-state index contributed by atoms with van der Waals surface area (Å²) in [5, 5.41) is 28.5. The molecule has 0 radical (unpaired) electrons. The van der Waals surface area contributed by atoms with Crippen molar-refractivity contribution in [3.63, 3.8) is 0 Å². The van der Waals surface area contributed by atoms with Crippen molar-refractivity contribution < 1.29 is 20.1 Å². The molecule has 1 aromatic carbocycles. The van der Waals surface area contributed by atoms with Crippen molar-refractivity contribution in [1.29, 1.82) is 0 Å². The third-order valence-corrected chi connectivity index (χ3v) is 3.11. The SMILES string of the molecule is CCn1c(C(O)C(O)C(=O)O)nc2cc(Cl)ccc21. The fourth-order valence-electron chi connectivity index (χ4n) is 1.96. The van der Waals surface area contributed by atoms with Crippen LogP contribution in [0.3, 0.4) is 0 Å². The van der Waals surface area contributed by atoms with Gasteiger partial charge in [-0.1, -0.05) is 11.6 Å². The standard InChI is InChI=1S/C12H13ClN2O4/c1-2-15-8-4-3-6(13)5-7(8)14-11(15)9(16)10(17)12(18)19/h3-5,9-10,16-17H,2H2,1H3,(H,18,19). The molecule has 0 bridgehead atoms. The smallest absolute Gasteiger partial charge is 0.335 e. The summed E-state index contributed by atoms with van der Waals surface area (Å²) in [7, 11) is 0. The van der Waals surface area contributed by atoms with E-state index in [4.69, 9.17) is 16.7 Å². The van der Waals surface area contributed by atoms with Gasteiger partial charge in [-0.25, -0.2) is 9.78 Å². The van der Waals surface area contributed by atoms with E-state index in [0.717, 1.165) is 5.52 Å². The predicted molar refractivity (Wildman–Crippen MR) is 69.0 cm³/mol. The monoisotopic (exact) mass is 284 g/mol. The van der Waals surface area contributed by atoms with Gasteiger partial charge in [0.1, 0.15) is 11.9 Å². The molecular weight excluding hydrogens is 272 g/mol. The minimum Gasteiger partial charge on any atom is -0.479 e. The zero-order chi connectivity index (χ0) is 14.2. The molecule has 3 N–H and O–H groups in total. The van der Waals surface area contributed by atoms with Crippen molar-refractivity contribution in [2.75, 3.05) is 0 Å². The number of carbonyl (C=O) groups is 1. The quantitative estimate of drug-likeness (QED) is 0.784. The number of halogens is 1. The van der Waals surface area contributed by atoms with E-state index < -0.39 is 18.2 Å². The number of aliphatic hydroxyl groups excluding tert-OH is 2. The van der Waals surface area contributed by atoms with Crippen molar-refractivity contribution >= 4 is 28.6 Å². The Morgan fingerprint density at radius 3 is 2.74 bits per heavy atom. The number of fused-ring (bicyclic) bond motifs is 1. The number of carboxylic acid groups (broad SMARTS) is 1. The Morgan fingerprint density at radius 1 is 1.47 bits per heavy atom. The van der Waals surface area contributed by atoms with E-state index in [1.54, 1.807) is 22.8 Å². The minimum absolute atomic E-state index is 0.106. The normalized spacial score (nSPS) is 14.5. The number of hydrogen-bond acceptors (Lipinski definition) is 4. The van der Waals surface area contributed by atoms with Crippen LogP contribution in [0.15, 0.2) is 18.2 Å². The van der Waals surface area contributed by atoms with Crippen molar-refractivity contribution in [2.45, 2.75) is 25.7 Å². The number of carboxylic acids is 1. The summed E-state index contributed by atoms with van der Waals surface area (Å²) in [4.78, 5) is 14.9. The largest absolute Gasteiger partial charge is 0.479 e. The van der Waals surface area contributed by atoms with Gasteiger partial charge in [0.2, 0.25) is 0 Å². The van der Waals surface area contributed by atoms with Gasteiger partial charge in [-0.15, -0.1) is 0 Å². The highest BCUT2D eigenvalue weighted by Crippen LogP contribution is 2.25. The molecule has 102 valence electrons. The summed E-state index contributed by atoms with van der Waals surface area (Å²) in [6.07, 6.45) is -3.51. The topological polar surface area (TPSA) is 95.6 Å². The Morgan fingerprint density at radius 2 is 2.16 bits per heavy atom. The fraction of sp³-hybridized carbons (Fsp3) is 0.333. The molecule has 0 saturated heterocycles. The van der Waals surface area contributed by atoms with Crippen LogP contribution in [-0.4, -0.2) is 36.9 Å². The third kappa shape index (κ3) is 2.42. The van der Waals surface area contributed by atoms with E-state index >= 15 is 0 Å². The van der Waals surface area contributed by atoms with Crippen molar-refractivity contribution in [3.8, 4) is 0 Å². The van der Waals surface area contributed by atoms with Crippen LogP contribution in [0.2, 0.25) is 5.02 Å². The Kier molecular flexibility index (Phi) is 3.75. The van der Waals surface area contributed by atoms with E-state index in [-0.39, 0.29) is 5.82 Å². The maximum absolute atomic E-state index is 10.7. The molecule has 2 atom stereocenters. The van der Waals surface area contributed by atoms with E-state index in [1.165, 1.54) is 0 Å². The van der Waals surface area contributed by atoms with Crippen LogP contribution in [0.1, 0.15) is 18.9 Å². The van der Waals surface area contributed by atoms with Gasteiger partial charge >= 0.3 is 5.97 Å². The molecule has 6 nitrogen and oxygen atoms in total. The molecule has 0 fully saturated rings. The van der Waals surface area contributed by atoms with Crippen LogP contribution in [0, 0.1) is 0 Å². The van der Waals surface area contributed by atoms with Gasteiger partial charge in [-0.05, 0) is 25.1 Å². The van der Waals surface area contributed by atoms with Gasteiger partial charge in [0.05, 0.1) is 11.0 Å². The molecule has 0 spiro atoms. The molecule has 0 aliphatic rings. The first-order valence-electron chi connectivity index (χ1n) is 5.70. The number of rotatable bonds is 4. The molecule has 0 amide bonds. The van der Waals surface area contributed by atoms with Crippen molar-refractivity contribution in [2.24, 2.45) is 0 Å². The van der Waals surface area contributed by atoms with Crippen LogP contribution in [0.4, 0.5) is 0 Å². The fourth-order valence-corrected chi connectivity index (χ4v) is 2.12. The average molecular weight is 285 g/mol. The van der Waals surface area contributed by atoms with Gasteiger partial charge in [-0.2, -0.15) is 0 Å². The number of imidazole rings is 1. The van der Waals surface area contributed by atoms with Gasteiger partial charge in [-0.3, -0.25) is 0 Å². The average Bonchev–Trinajstić information content (AvgIpc) is 2.74. The zero-order valence-electron chi connectivity index (χ0n) is 10.1. The molecular formula is C12H13ClN2O4. The first kappa shape index (κ1) is 13.8. The van der Waals surface area contributed by atoms with E-state index in [9.17, 15) is 15.0 Å². The predicted octanol–water partition coefficient (Wildman–Crippen LogP) is 1.19. The molecule has 0 aliphatic heterocycles. The van der Waals surface area contributed by atoms with Crippen LogP contribution >= 0.6 is 11.6 Å². The number of nitrogens with zero attached hydrogens (tertiary/aromatic N) is 2. The maximum atomic E-state index is 10.7. The molecule has 19 heavy (non-hydrogen) atoms.